The third-order valence-electron chi connectivity index (χ3n) is 4.53. The summed E-state index contributed by atoms with van der Waals surface area (Å²) in [5.41, 5.74) is 4.28. The van der Waals surface area contributed by atoms with Gasteiger partial charge in [-0.1, -0.05) is 36.5 Å². The van der Waals surface area contributed by atoms with Crippen LogP contribution in [0.4, 0.5) is 0 Å². The monoisotopic (exact) mass is 282 g/mol. The smallest absolute Gasteiger partial charge is 0.130 e. The Balaban J connectivity index is 1.67. The van der Waals surface area contributed by atoms with Gasteiger partial charge in [0.25, 0.3) is 0 Å². The summed E-state index contributed by atoms with van der Waals surface area (Å²) in [6.45, 7) is 0. The van der Waals surface area contributed by atoms with Crippen molar-refractivity contribution in [2.24, 2.45) is 0 Å². The van der Waals surface area contributed by atoms with Crippen LogP contribution in [-0.4, -0.2) is 9.97 Å². The summed E-state index contributed by atoms with van der Waals surface area (Å²) in [5.74, 6) is 2.30. The predicted molar refractivity (Wildman–Crippen MR) is 82.6 cm³/mol. The van der Waals surface area contributed by atoms with Crippen molar-refractivity contribution in [3.8, 4) is 0 Å². The molecule has 1 saturated carbocycles. The van der Waals surface area contributed by atoms with Gasteiger partial charge in [-0.25, -0.2) is 4.98 Å². The summed E-state index contributed by atoms with van der Waals surface area (Å²) < 4.78 is 0.750. The summed E-state index contributed by atoms with van der Waals surface area (Å²) in [4.78, 5) is 8.17. The summed E-state index contributed by atoms with van der Waals surface area (Å²) in [6, 6.07) is 10.8. The van der Waals surface area contributed by atoms with Crippen molar-refractivity contribution in [2.45, 2.75) is 43.9 Å². The van der Waals surface area contributed by atoms with Crippen molar-refractivity contribution in [2.75, 3.05) is 0 Å². The molecular weight excluding hydrogens is 264 g/mol. The summed E-state index contributed by atoms with van der Waals surface area (Å²) in [6.07, 6.45) is 5.99. The highest BCUT2D eigenvalue weighted by Crippen LogP contribution is 2.39. The van der Waals surface area contributed by atoms with E-state index >= 15 is 0 Å². The largest absolute Gasteiger partial charge is 0.347 e. The van der Waals surface area contributed by atoms with Gasteiger partial charge in [-0.15, -0.1) is 0 Å². The van der Waals surface area contributed by atoms with Crippen LogP contribution < -0.4 is 0 Å². The molecule has 1 unspecified atom stereocenters. The quantitative estimate of drug-likeness (QED) is 0.832. The van der Waals surface area contributed by atoms with E-state index in [1.54, 1.807) is 0 Å². The van der Waals surface area contributed by atoms with Crippen LogP contribution in [0, 0.1) is 4.64 Å². The number of aromatic amines is 1. The Morgan fingerprint density at radius 2 is 1.85 bits per heavy atom. The second-order valence-electron chi connectivity index (χ2n) is 6.04. The number of nitrogens with zero attached hydrogens (tertiary/aromatic N) is 1. The fraction of sp³-hybridized carbons (Fsp3) is 0.412. The molecule has 2 aliphatic rings. The number of aryl methyl sites for hydroxylation is 1. The van der Waals surface area contributed by atoms with Gasteiger partial charge in [-0.3, -0.25) is 0 Å². The van der Waals surface area contributed by atoms with Gasteiger partial charge in [0, 0.05) is 11.6 Å². The number of nitrogens with one attached hydrogen (secondary N) is 1. The standard InChI is InChI=1S/C17H18N2S/c20-16-10-15(12-6-7-12)18-17(19-16)14-8-5-11-3-1-2-4-13(11)9-14/h1-4,10,12,14H,5-9H2,(H,18,19,20). The molecule has 2 nitrogen and oxygen atoms in total. The first-order valence-electron chi connectivity index (χ1n) is 7.47. The molecule has 1 atom stereocenters. The first-order chi connectivity index (χ1) is 9.79. The molecule has 1 heterocycles. The van der Waals surface area contributed by atoms with Crippen molar-refractivity contribution in [3.05, 3.63) is 57.6 Å². The molecule has 0 spiro atoms. The molecule has 20 heavy (non-hydrogen) atoms. The molecule has 4 rings (SSSR count). The van der Waals surface area contributed by atoms with E-state index in [2.05, 4.69) is 34.2 Å². The van der Waals surface area contributed by atoms with Gasteiger partial charge >= 0.3 is 0 Å². The van der Waals surface area contributed by atoms with Crippen LogP contribution in [0.3, 0.4) is 0 Å². The maximum atomic E-state index is 5.35. The normalized spacial score (nSPS) is 21.5. The van der Waals surface area contributed by atoms with E-state index in [9.17, 15) is 0 Å². The van der Waals surface area contributed by atoms with E-state index in [1.807, 2.05) is 6.07 Å². The molecule has 0 amide bonds. The molecule has 0 bridgehead atoms. The van der Waals surface area contributed by atoms with Crippen molar-refractivity contribution >= 4 is 12.2 Å². The van der Waals surface area contributed by atoms with Crippen molar-refractivity contribution < 1.29 is 0 Å². The zero-order valence-electron chi connectivity index (χ0n) is 11.4. The SMILES string of the molecule is S=c1cc(C2CC2)[nH]c(C2CCc3ccccc3C2)n1. The fourth-order valence-electron chi connectivity index (χ4n) is 3.23. The van der Waals surface area contributed by atoms with E-state index in [4.69, 9.17) is 12.2 Å². The minimum Gasteiger partial charge on any atom is -0.347 e. The highest BCUT2D eigenvalue weighted by Gasteiger charge is 2.27. The van der Waals surface area contributed by atoms with Crippen LogP contribution in [0.15, 0.2) is 30.3 Å². The Bertz CT molecular complexity index is 700. The summed E-state index contributed by atoms with van der Waals surface area (Å²) in [5, 5.41) is 0. The lowest BCUT2D eigenvalue weighted by molar-refractivity contribution is 0.551. The topological polar surface area (TPSA) is 28.7 Å². The van der Waals surface area contributed by atoms with Gasteiger partial charge in [0.15, 0.2) is 0 Å². The first kappa shape index (κ1) is 12.3. The Labute approximate surface area is 124 Å². The molecule has 0 aliphatic heterocycles. The Morgan fingerprint density at radius 3 is 2.65 bits per heavy atom. The van der Waals surface area contributed by atoms with Crippen LogP contribution in [0.1, 0.15) is 53.7 Å². The van der Waals surface area contributed by atoms with Crippen molar-refractivity contribution in [3.63, 3.8) is 0 Å². The Kier molecular flexibility index (Phi) is 2.95. The zero-order chi connectivity index (χ0) is 13.5. The lowest BCUT2D eigenvalue weighted by atomic mass is 9.83. The van der Waals surface area contributed by atoms with E-state index in [-0.39, 0.29) is 0 Å². The molecule has 0 radical (unpaired) electrons. The molecule has 1 N–H and O–H groups in total. The number of hydrogen-bond acceptors (Lipinski definition) is 2. The Hall–Kier alpha value is -1.48. The highest BCUT2D eigenvalue weighted by molar-refractivity contribution is 7.71. The fourth-order valence-corrected chi connectivity index (χ4v) is 3.46. The average Bonchev–Trinajstić information content (AvgIpc) is 3.31. The number of hydrogen-bond donors (Lipinski definition) is 1. The molecule has 102 valence electrons. The van der Waals surface area contributed by atoms with Crippen LogP contribution in [0.25, 0.3) is 0 Å². The van der Waals surface area contributed by atoms with Gasteiger partial charge in [0.1, 0.15) is 10.5 Å². The maximum absolute atomic E-state index is 5.35. The number of fused-ring (bicyclic) bond motifs is 1. The van der Waals surface area contributed by atoms with E-state index in [1.165, 1.54) is 36.1 Å². The third-order valence-corrected chi connectivity index (χ3v) is 4.74. The van der Waals surface area contributed by atoms with Crippen LogP contribution in [0.5, 0.6) is 0 Å². The maximum Gasteiger partial charge on any atom is 0.130 e. The Morgan fingerprint density at radius 1 is 1.05 bits per heavy atom. The second-order valence-corrected chi connectivity index (χ2v) is 6.46. The molecular formula is C17H18N2S. The second kappa shape index (κ2) is 4.81. The lowest BCUT2D eigenvalue weighted by Crippen LogP contribution is -2.15. The lowest BCUT2D eigenvalue weighted by Gasteiger charge is -2.24. The van der Waals surface area contributed by atoms with Gasteiger partial charge in [-0.05, 0) is 55.2 Å². The van der Waals surface area contributed by atoms with Crippen LogP contribution >= 0.6 is 12.2 Å². The molecule has 1 fully saturated rings. The highest BCUT2D eigenvalue weighted by atomic mass is 32.1. The third kappa shape index (κ3) is 2.31. The van der Waals surface area contributed by atoms with Gasteiger partial charge < -0.3 is 4.98 Å². The summed E-state index contributed by atoms with van der Waals surface area (Å²) >= 11 is 5.35. The molecule has 3 heteroatoms. The minimum absolute atomic E-state index is 0.491. The van der Waals surface area contributed by atoms with Gasteiger partial charge in [-0.2, -0.15) is 0 Å². The molecule has 1 aromatic carbocycles. The van der Waals surface area contributed by atoms with E-state index in [0.29, 0.717) is 11.8 Å². The number of rotatable bonds is 2. The van der Waals surface area contributed by atoms with E-state index < -0.39 is 0 Å². The van der Waals surface area contributed by atoms with Gasteiger partial charge in [0.05, 0.1) is 0 Å². The van der Waals surface area contributed by atoms with Crippen molar-refractivity contribution in [1.29, 1.82) is 0 Å². The molecule has 2 aliphatic carbocycles. The number of aromatic nitrogens is 2. The summed E-state index contributed by atoms with van der Waals surface area (Å²) in [7, 11) is 0. The number of benzene rings is 1. The molecule has 1 aromatic heterocycles. The van der Waals surface area contributed by atoms with Crippen LogP contribution in [0.2, 0.25) is 0 Å². The number of H-pyrrole nitrogens is 1. The van der Waals surface area contributed by atoms with Crippen molar-refractivity contribution in [1.82, 2.24) is 9.97 Å². The minimum atomic E-state index is 0.491. The van der Waals surface area contributed by atoms with Gasteiger partial charge in [0.2, 0.25) is 0 Å². The molecule has 0 saturated heterocycles. The van der Waals surface area contributed by atoms with Crippen LogP contribution in [-0.2, 0) is 12.8 Å². The van der Waals surface area contributed by atoms with E-state index in [0.717, 1.165) is 23.3 Å². The zero-order valence-corrected chi connectivity index (χ0v) is 12.2. The average molecular weight is 282 g/mol. The molecule has 2 aromatic rings. The first-order valence-corrected chi connectivity index (χ1v) is 7.88. The predicted octanol–water partition coefficient (Wildman–Crippen LogP) is 4.29.